The van der Waals surface area contributed by atoms with Gasteiger partial charge in [-0.3, -0.25) is 4.90 Å². The Hall–Kier alpha value is -0.480. The summed E-state index contributed by atoms with van der Waals surface area (Å²) in [5.74, 6) is 1.18. The van der Waals surface area contributed by atoms with Crippen LogP contribution in [0.4, 0.5) is 0 Å². The number of ether oxygens (including phenoxy) is 1. The summed E-state index contributed by atoms with van der Waals surface area (Å²) in [6.45, 7) is 5.69. The molecule has 0 aromatic heterocycles. The van der Waals surface area contributed by atoms with Gasteiger partial charge in [0.15, 0.2) is 5.75 Å². The monoisotopic (exact) mass is 302 g/mol. The number of nitrogens with zero attached hydrogens (tertiary/aromatic N) is 1. The molecule has 1 aromatic rings. The van der Waals surface area contributed by atoms with Gasteiger partial charge < -0.3 is 10.5 Å². The largest absolute Gasteiger partial charge is 0.489 e. The van der Waals surface area contributed by atoms with Crippen molar-refractivity contribution in [2.24, 2.45) is 11.7 Å². The van der Waals surface area contributed by atoms with E-state index in [2.05, 4.69) is 11.8 Å². The highest BCUT2D eigenvalue weighted by Gasteiger charge is 2.24. The van der Waals surface area contributed by atoms with E-state index in [0.717, 1.165) is 19.6 Å². The number of likely N-dealkylation sites (tertiary alicyclic amines) is 1. The number of para-hydroxylation sites is 1. The van der Waals surface area contributed by atoms with Crippen molar-refractivity contribution in [1.29, 1.82) is 0 Å². The minimum Gasteiger partial charge on any atom is -0.489 e. The lowest BCUT2D eigenvalue weighted by molar-refractivity contribution is 0.231. The Labute approximate surface area is 124 Å². The lowest BCUT2D eigenvalue weighted by atomic mass is 10.0. The fraction of sp³-hybridized carbons (Fsp3) is 0.571. The van der Waals surface area contributed by atoms with Gasteiger partial charge in [-0.05, 0) is 37.9 Å². The second-order valence-corrected chi connectivity index (χ2v) is 5.92. The average Bonchev–Trinajstić information content (AvgIpc) is 2.82. The quantitative estimate of drug-likeness (QED) is 0.908. The van der Waals surface area contributed by atoms with Crippen LogP contribution < -0.4 is 10.5 Å². The molecule has 3 nitrogen and oxygen atoms in total. The van der Waals surface area contributed by atoms with E-state index in [1.54, 1.807) is 12.1 Å². The van der Waals surface area contributed by atoms with Crippen LogP contribution in [0.25, 0.3) is 0 Å². The first-order valence-electron chi connectivity index (χ1n) is 6.62. The average molecular weight is 303 g/mol. The van der Waals surface area contributed by atoms with E-state index in [0.29, 0.717) is 28.3 Å². The molecular weight excluding hydrogens is 283 g/mol. The fourth-order valence-corrected chi connectivity index (χ4v) is 2.90. The first kappa shape index (κ1) is 14.9. The Balaban J connectivity index is 1.78. The van der Waals surface area contributed by atoms with Crippen LogP contribution in [0.3, 0.4) is 0 Å². The summed E-state index contributed by atoms with van der Waals surface area (Å²) in [6.07, 6.45) is 1.17. The van der Waals surface area contributed by atoms with Crippen molar-refractivity contribution in [2.45, 2.75) is 19.4 Å². The van der Waals surface area contributed by atoms with E-state index in [9.17, 15) is 0 Å². The van der Waals surface area contributed by atoms with Crippen molar-refractivity contribution in [3.05, 3.63) is 28.2 Å². The predicted molar refractivity (Wildman–Crippen MR) is 80.2 cm³/mol. The molecule has 1 heterocycles. The van der Waals surface area contributed by atoms with Gasteiger partial charge in [0.2, 0.25) is 0 Å². The summed E-state index contributed by atoms with van der Waals surface area (Å²) in [5, 5.41) is 1.12. The van der Waals surface area contributed by atoms with Crippen LogP contribution in [-0.4, -0.2) is 37.2 Å². The van der Waals surface area contributed by atoms with Crippen molar-refractivity contribution in [1.82, 2.24) is 4.90 Å². The van der Waals surface area contributed by atoms with Gasteiger partial charge in [-0.15, -0.1) is 0 Å². The van der Waals surface area contributed by atoms with Gasteiger partial charge in [-0.25, -0.2) is 0 Å². The molecule has 1 saturated heterocycles. The summed E-state index contributed by atoms with van der Waals surface area (Å²) in [4.78, 5) is 2.37. The summed E-state index contributed by atoms with van der Waals surface area (Å²) >= 11 is 12.1. The molecule has 2 rings (SSSR count). The van der Waals surface area contributed by atoms with Crippen LogP contribution >= 0.6 is 23.2 Å². The first-order chi connectivity index (χ1) is 9.08. The summed E-state index contributed by atoms with van der Waals surface area (Å²) < 4.78 is 5.69. The van der Waals surface area contributed by atoms with E-state index in [-0.39, 0.29) is 6.04 Å². The van der Waals surface area contributed by atoms with Gasteiger partial charge in [0.25, 0.3) is 0 Å². The molecule has 1 fully saturated rings. The zero-order chi connectivity index (χ0) is 13.8. The minimum absolute atomic E-state index is 0.268. The molecule has 0 amide bonds. The number of nitrogens with two attached hydrogens (primary N) is 1. The van der Waals surface area contributed by atoms with Gasteiger partial charge in [-0.2, -0.15) is 0 Å². The number of halogens is 2. The van der Waals surface area contributed by atoms with Gasteiger partial charge in [0, 0.05) is 19.1 Å². The van der Waals surface area contributed by atoms with Crippen LogP contribution in [0.1, 0.15) is 13.3 Å². The van der Waals surface area contributed by atoms with E-state index >= 15 is 0 Å². The molecule has 2 unspecified atom stereocenters. The van der Waals surface area contributed by atoms with Crippen LogP contribution in [0.5, 0.6) is 5.75 Å². The van der Waals surface area contributed by atoms with Gasteiger partial charge in [0.05, 0.1) is 10.0 Å². The summed E-state index contributed by atoms with van der Waals surface area (Å²) in [7, 11) is 0. The lowest BCUT2D eigenvalue weighted by Crippen LogP contribution is -2.31. The third-order valence-corrected chi connectivity index (χ3v) is 4.22. The molecule has 1 aliphatic rings. The Kier molecular flexibility index (Phi) is 5.34. The molecule has 106 valence electrons. The fourth-order valence-electron chi connectivity index (χ4n) is 2.39. The van der Waals surface area contributed by atoms with E-state index in [1.807, 2.05) is 6.07 Å². The highest BCUT2D eigenvalue weighted by atomic mass is 35.5. The topological polar surface area (TPSA) is 38.5 Å². The normalized spacial score (nSPS) is 21.6. The molecule has 2 N–H and O–H groups in total. The van der Waals surface area contributed by atoms with Crippen molar-refractivity contribution in [2.75, 3.05) is 26.2 Å². The second kappa shape index (κ2) is 6.80. The Morgan fingerprint density at radius 2 is 2.11 bits per heavy atom. The zero-order valence-corrected chi connectivity index (χ0v) is 12.6. The van der Waals surface area contributed by atoms with Gasteiger partial charge in [-0.1, -0.05) is 29.3 Å². The maximum absolute atomic E-state index is 6.05. The molecule has 1 aliphatic heterocycles. The van der Waals surface area contributed by atoms with E-state index in [1.165, 1.54) is 6.42 Å². The van der Waals surface area contributed by atoms with Crippen LogP contribution in [-0.2, 0) is 0 Å². The second-order valence-electron chi connectivity index (χ2n) is 5.11. The summed E-state index contributed by atoms with van der Waals surface area (Å²) in [5.41, 5.74) is 5.93. The number of benzene rings is 1. The molecular formula is C14H20Cl2N2O. The van der Waals surface area contributed by atoms with Crippen LogP contribution in [0.15, 0.2) is 18.2 Å². The third-order valence-electron chi connectivity index (χ3n) is 3.63. The molecule has 5 heteroatoms. The first-order valence-corrected chi connectivity index (χ1v) is 7.38. The molecule has 0 radical (unpaired) electrons. The van der Waals surface area contributed by atoms with Crippen molar-refractivity contribution in [3.63, 3.8) is 0 Å². The number of hydrogen-bond acceptors (Lipinski definition) is 3. The maximum atomic E-state index is 6.05. The Morgan fingerprint density at radius 3 is 2.68 bits per heavy atom. The van der Waals surface area contributed by atoms with Crippen LogP contribution in [0, 0.1) is 5.92 Å². The maximum Gasteiger partial charge on any atom is 0.156 e. The summed E-state index contributed by atoms with van der Waals surface area (Å²) in [6, 6.07) is 5.64. The molecule has 0 aliphatic carbocycles. The third kappa shape index (κ3) is 3.99. The molecule has 0 saturated carbocycles. The highest BCUT2D eigenvalue weighted by Crippen LogP contribution is 2.32. The van der Waals surface area contributed by atoms with Crippen LogP contribution in [0.2, 0.25) is 10.0 Å². The zero-order valence-electron chi connectivity index (χ0n) is 11.1. The SMILES string of the molecule is CC(N)C1CCN(CCOc2c(Cl)cccc2Cl)C1. The van der Waals surface area contributed by atoms with Gasteiger partial charge in [0.1, 0.15) is 6.61 Å². The van der Waals surface area contributed by atoms with E-state index < -0.39 is 0 Å². The standard InChI is InChI=1S/C14H20Cl2N2O/c1-10(17)11-5-6-18(9-11)7-8-19-14-12(15)3-2-4-13(14)16/h2-4,10-11H,5-9,17H2,1H3. The molecule has 2 atom stereocenters. The minimum atomic E-state index is 0.268. The van der Waals surface area contributed by atoms with Gasteiger partial charge >= 0.3 is 0 Å². The molecule has 1 aromatic carbocycles. The lowest BCUT2D eigenvalue weighted by Gasteiger charge is -2.18. The highest BCUT2D eigenvalue weighted by molar-refractivity contribution is 6.37. The number of rotatable bonds is 5. The predicted octanol–water partition coefficient (Wildman–Crippen LogP) is 3.04. The smallest absolute Gasteiger partial charge is 0.156 e. The van der Waals surface area contributed by atoms with Crippen molar-refractivity contribution in [3.8, 4) is 5.75 Å². The molecule has 19 heavy (non-hydrogen) atoms. The Bertz CT molecular complexity index is 406. The number of hydrogen-bond donors (Lipinski definition) is 1. The van der Waals surface area contributed by atoms with Crippen molar-refractivity contribution >= 4 is 23.2 Å². The molecule has 0 bridgehead atoms. The van der Waals surface area contributed by atoms with Crippen molar-refractivity contribution < 1.29 is 4.74 Å². The van der Waals surface area contributed by atoms with E-state index in [4.69, 9.17) is 33.7 Å². The Morgan fingerprint density at radius 1 is 1.42 bits per heavy atom. The molecule has 0 spiro atoms.